The molecule has 3 heterocycles. The molecule has 0 bridgehead atoms. The Kier molecular flexibility index (Phi) is 2.46. The van der Waals surface area contributed by atoms with Gasteiger partial charge in [-0.3, -0.25) is 0 Å². The number of rotatable bonds is 1. The Balaban J connectivity index is 1.76. The molecule has 3 aromatic heterocycles. The van der Waals surface area contributed by atoms with E-state index in [4.69, 9.17) is 4.42 Å². The molecular weight excluding hydrogens is 286 g/mol. The van der Waals surface area contributed by atoms with Crippen molar-refractivity contribution in [2.45, 2.75) is 0 Å². The number of pyridine rings is 1. The highest BCUT2D eigenvalue weighted by Gasteiger charge is 2.11. The summed E-state index contributed by atoms with van der Waals surface area (Å²) in [5.74, 6) is 0. The van der Waals surface area contributed by atoms with Gasteiger partial charge in [-0.1, -0.05) is 42.5 Å². The molecule has 4 heteroatoms. The number of nitrogens with zero attached hydrogens (tertiary/aromatic N) is 3. The fraction of sp³-hybridized carbons (Fsp3) is 0. The van der Waals surface area contributed by atoms with Crippen molar-refractivity contribution in [1.29, 1.82) is 0 Å². The van der Waals surface area contributed by atoms with Crippen LogP contribution in [0.25, 0.3) is 44.4 Å². The molecule has 0 saturated carbocycles. The van der Waals surface area contributed by atoms with Crippen LogP contribution < -0.4 is 0 Å². The van der Waals surface area contributed by atoms with Gasteiger partial charge >= 0.3 is 0 Å². The van der Waals surface area contributed by atoms with E-state index in [-0.39, 0.29) is 0 Å². The first-order valence-electron chi connectivity index (χ1n) is 7.40. The fourth-order valence-corrected chi connectivity index (χ4v) is 2.86. The zero-order valence-electron chi connectivity index (χ0n) is 12.1. The number of furan rings is 1. The molecule has 0 N–H and O–H groups in total. The van der Waals surface area contributed by atoms with Crippen molar-refractivity contribution >= 4 is 33.0 Å². The third-order valence-corrected chi connectivity index (χ3v) is 4.00. The Labute approximate surface area is 131 Å². The molecule has 0 fully saturated rings. The molecule has 5 rings (SSSR count). The number of para-hydroxylation sites is 2. The van der Waals surface area contributed by atoms with E-state index in [1.165, 1.54) is 0 Å². The molecule has 2 aromatic carbocycles. The second-order valence-electron chi connectivity index (χ2n) is 5.44. The summed E-state index contributed by atoms with van der Waals surface area (Å²) in [4.78, 5) is 4.68. The zero-order chi connectivity index (χ0) is 15.2. The molecule has 0 atom stereocenters. The third-order valence-electron chi connectivity index (χ3n) is 4.00. The Morgan fingerprint density at radius 1 is 0.696 bits per heavy atom. The van der Waals surface area contributed by atoms with E-state index in [9.17, 15) is 0 Å². The van der Waals surface area contributed by atoms with Crippen LogP contribution in [0.3, 0.4) is 0 Å². The SMILES string of the molecule is c1ccc2nc(-c3cc4c(nn3)oc3ccccc34)ccc2c1. The molecular formula is C19H11N3O. The minimum absolute atomic E-state index is 0.552. The van der Waals surface area contributed by atoms with Crippen LogP contribution in [0, 0.1) is 0 Å². The quantitative estimate of drug-likeness (QED) is 0.454. The molecule has 0 aliphatic heterocycles. The van der Waals surface area contributed by atoms with Crippen molar-refractivity contribution in [3.63, 3.8) is 0 Å². The fourth-order valence-electron chi connectivity index (χ4n) is 2.86. The summed E-state index contributed by atoms with van der Waals surface area (Å²) in [7, 11) is 0. The number of aromatic nitrogens is 3. The Bertz CT molecular complexity index is 1180. The zero-order valence-corrected chi connectivity index (χ0v) is 12.1. The highest BCUT2D eigenvalue weighted by atomic mass is 16.3. The van der Waals surface area contributed by atoms with Crippen molar-refractivity contribution in [2.75, 3.05) is 0 Å². The summed E-state index contributed by atoms with van der Waals surface area (Å²) < 4.78 is 5.72. The highest BCUT2D eigenvalue weighted by Crippen LogP contribution is 2.29. The van der Waals surface area contributed by atoms with E-state index >= 15 is 0 Å². The average Bonchev–Trinajstić information content (AvgIpc) is 2.99. The molecule has 0 unspecified atom stereocenters. The lowest BCUT2D eigenvalue weighted by molar-refractivity contribution is 0.646. The van der Waals surface area contributed by atoms with E-state index < -0.39 is 0 Å². The summed E-state index contributed by atoms with van der Waals surface area (Å²) in [5, 5.41) is 11.6. The van der Waals surface area contributed by atoms with Gasteiger partial charge < -0.3 is 4.42 Å². The van der Waals surface area contributed by atoms with Crippen molar-refractivity contribution in [3.8, 4) is 11.4 Å². The minimum Gasteiger partial charge on any atom is -0.436 e. The predicted octanol–water partition coefficient (Wildman–Crippen LogP) is 4.59. The maximum Gasteiger partial charge on any atom is 0.247 e. The maximum atomic E-state index is 5.72. The van der Waals surface area contributed by atoms with Crippen LogP contribution in [0.1, 0.15) is 0 Å². The minimum atomic E-state index is 0.552. The van der Waals surface area contributed by atoms with Gasteiger partial charge in [-0.2, -0.15) is 0 Å². The normalized spacial score (nSPS) is 11.5. The first-order chi connectivity index (χ1) is 11.4. The largest absolute Gasteiger partial charge is 0.436 e. The molecule has 0 aliphatic carbocycles. The Morgan fingerprint density at radius 3 is 2.57 bits per heavy atom. The van der Waals surface area contributed by atoms with Gasteiger partial charge in [-0.05, 0) is 24.3 Å². The van der Waals surface area contributed by atoms with Gasteiger partial charge in [0.2, 0.25) is 5.71 Å². The van der Waals surface area contributed by atoms with Crippen molar-refractivity contribution < 1.29 is 4.42 Å². The number of hydrogen-bond acceptors (Lipinski definition) is 4. The molecule has 0 amide bonds. The molecule has 0 spiro atoms. The molecule has 0 aliphatic rings. The summed E-state index contributed by atoms with van der Waals surface area (Å²) >= 11 is 0. The summed E-state index contributed by atoms with van der Waals surface area (Å²) in [6.07, 6.45) is 0. The van der Waals surface area contributed by atoms with Gasteiger partial charge in [0.15, 0.2) is 0 Å². The van der Waals surface area contributed by atoms with Crippen LogP contribution in [0.2, 0.25) is 0 Å². The molecule has 0 radical (unpaired) electrons. The van der Waals surface area contributed by atoms with E-state index in [0.29, 0.717) is 5.71 Å². The Morgan fingerprint density at radius 2 is 1.57 bits per heavy atom. The van der Waals surface area contributed by atoms with Crippen LogP contribution in [-0.4, -0.2) is 15.2 Å². The average molecular weight is 297 g/mol. The van der Waals surface area contributed by atoms with Crippen LogP contribution in [0.5, 0.6) is 0 Å². The second kappa shape index (κ2) is 4.61. The molecule has 23 heavy (non-hydrogen) atoms. The molecule has 4 nitrogen and oxygen atoms in total. The van der Waals surface area contributed by atoms with Gasteiger partial charge in [0.1, 0.15) is 11.3 Å². The lowest BCUT2D eigenvalue weighted by atomic mass is 10.1. The predicted molar refractivity (Wildman–Crippen MR) is 90.0 cm³/mol. The topological polar surface area (TPSA) is 51.8 Å². The molecule has 5 aromatic rings. The van der Waals surface area contributed by atoms with E-state index in [0.717, 1.165) is 38.6 Å². The summed E-state index contributed by atoms with van der Waals surface area (Å²) in [6.45, 7) is 0. The number of hydrogen-bond donors (Lipinski definition) is 0. The number of benzene rings is 2. The van der Waals surface area contributed by atoms with Crippen molar-refractivity contribution in [2.24, 2.45) is 0 Å². The summed E-state index contributed by atoms with van der Waals surface area (Å²) in [6, 6.07) is 22.0. The first-order valence-corrected chi connectivity index (χ1v) is 7.40. The smallest absolute Gasteiger partial charge is 0.247 e. The monoisotopic (exact) mass is 297 g/mol. The van der Waals surface area contributed by atoms with Crippen LogP contribution in [0.4, 0.5) is 0 Å². The lowest BCUT2D eigenvalue weighted by Gasteiger charge is -2.01. The van der Waals surface area contributed by atoms with Gasteiger partial charge in [-0.15, -0.1) is 10.2 Å². The van der Waals surface area contributed by atoms with Crippen molar-refractivity contribution in [1.82, 2.24) is 15.2 Å². The van der Waals surface area contributed by atoms with Gasteiger partial charge in [0, 0.05) is 10.8 Å². The standard InChI is InChI=1S/C19H11N3O/c1-3-7-15-12(5-1)9-10-16(20-15)17-11-14-13-6-2-4-8-18(13)23-19(14)22-21-17/h1-11H. The third kappa shape index (κ3) is 1.89. The van der Waals surface area contributed by atoms with E-state index in [2.05, 4.69) is 21.2 Å². The van der Waals surface area contributed by atoms with Crippen LogP contribution in [0.15, 0.2) is 71.1 Å². The molecule has 108 valence electrons. The molecule has 0 saturated heterocycles. The Hall–Kier alpha value is -3.27. The van der Waals surface area contributed by atoms with Gasteiger partial charge in [-0.25, -0.2) is 4.98 Å². The highest BCUT2D eigenvalue weighted by molar-refractivity contribution is 6.04. The lowest BCUT2D eigenvalue weighted by Crippen LogP contribution is -1.90. The maximum absolute atomic E-state index is 5.72. The van der Waals surface area contributed by atoms with Crippen LogP contribution >= 0.6 is 0 Å². The van der Waals surface area contributed by atoms with E-state index in [1.54, 1.807) is 0 Å². The number of fused-ring (bicyclic) bond motifs is 4. The second-order valence-corrected chi connectivity index (χ2v) is 5.44. The van der Waals surface area contributed by atoms with Gasteiger partial charge in [0.25, 0.3) is 0 Å². The van der Waals surface area contributed by atoms with Crippen molar-refractivity contribution in [3.05, 3.63) is 66.7 Å². The summed E-state index contributed by atoms with van der Waals surface area (Å²) in [5.41, 5.74) is 3.87. The van der Waals surface area contributed by atoms with Gasteiger partial charge in [0.05, 0.1) is 16.6 Å². The first kappa shape index (κ1) is 12.3. The van der Waals surface area contributed by atoms with Crippen LogP contribution in [-0.2, 0) is 0 Å². The van der Waals surface area contributed by atoms with E-state index in [1.807, 2.05) is 60.7 Å².